The SMILES string of the molecule is O=C(c1[nH]c(C(F)(F)F)nc1-c1ccccc1)N1CCOCC1. The first-order valence-corrected chi connectivity index (χ1v) is 7.06. The van der Waals surface area contributed by atoms with Crippen LogP contribution in [0.15, 0.2) is 30.3 Å². The Balaban J connectivity index is 2.03. The van der Waals surface area contributed by atoms with Crippen molar-refractivity contribution in [1.82, 2.24) is 14.9 Å². The number of nitrogens with one attached hydrogen (secondary N) is 1. The summed E-state index contributed by atoms with van der Waals surface area (Å²) in [4.78, 5) is 19.8. The lowest BCUT2D eigenvalue weighted by atomic mass is 10.1. The van der Waals surface area contributed by atoms with Crippen LogP contribution in [0.25, 0.3) is 11.3 Å². The van der Waals surface area contributed by atoms with Crippen molar-refractivity contribution < 1.29 is 22.7 Å². The lowest BCUT2D eigenvalue weighted by molar-refractivity contribution is -0.144. The average Bonchev–Trinajstić information content (AvgIpc) is 3.01. The third-order valence-corrected chi connectivity index (χ3v) is 3.53. The molecule has 0 radical (unpaired) electrons. The van der Waals surface area contributed by atoms with E-state index < -0.39 is 17.9 Å². The van der Waals surface area contributed by atoms with Gasteiger partial charge >= 0.3 is 6.18 Å². The maximum atomic E-state index is 13.0. The van der Waals surface area contributed by atoms with E-state index in [1.54, 1.807) is 30.3 Å². The zero-order valence-electron chi connectivity index (χ0n) is 12.1. The number of ether oxygens (including phenoxy) is 1. The van der Waals surface area contributed by atoms with Crippen molar-refractivity contribution in [3.05, 3.63) is 41.9 Å². The standard InChI is InChI=1S/C15H14F3N3O2/c16-15(17,18)14-19-11(10-4-2-1-3-5-10)12(20-14)13(22)21-6-8-23-9-7-21/h1-5H,6-9H2,(H,19,20). The highest BCUT2D eigenvalue weighted by atomic mass is 19.4. The summed E-state index contributed by atoms with van der Waals surface area (Å²) in [6.07, 6.45) is -4.65. The molecule has 0 bridgehead atoms. The number of H-pyrrole nitrogens is 1. The number of rotatable bonds is 2. The van der Waals surface area contributed by atoms with Crippen LogP contribution in [0.1, 0.15) is 16.3 Å². The molecule has 5 nitrogen and oxygen atoms in total. The summed E-state index contributed by atoms with van der Waals surface area (Å²) >= 11 is 0. The molecular weight excluding hydrogens is 311 g/mol. The zero-order chi connectivity index (χ0) is 16.4. The Morgan fingerprint density at radius 3 is 2.43 bits per heavy atom. The fraction of sp³-hybridized carbons (Fsp3) is 0.333. The first-order valence-electron chi connectivity index (χ1n) is 7.06. The normalized spacial score (nSPS) is 15.7. The van der Waals surface area contributed by atoms with Crippen LogP contribution in [0.4, 0.5) is 13.2 Å². The van der Waals surface area contributed by atoms with Crippen LogP contribution >= 0.6 is 0 Å². The number of imidazole rings is 1. The molecule has 2 aromatic rings. The van der Waals surface area contributed by atoms with Gasteiger partial charge in [0.25, 0.3) is 5.91 Å². The molecule has 2 heterocycles. The summed E-state index contributed by atoms with van der Waals surface area (Å²) in [6, 6.07) is 8.34. The molecule has 0 spiro atoms. The molecule has 0 saturated carbocycles. The molecule has 3 rings (SSSR count). The van der Waals surface area contributed by atoms with E-state index in [1.165, 1.54) is 4.90 Å². The Morgan fingerprint density at radius 1 is 1.17 bits per heavy atom. The van der Waals surface area contributed by atoms with Gasteiger partial charge in [0.15, 0.2) is 0 Å². The number of morpholine rings is 1. The van der Waals surface area contributed by atoms with Crippen molar-refractivity contribution in [3.63, 3.8) is 0 Å². The number of aromatic nitrogens is 2. The molecule has 0 unspecified atom stereocenters. The van der Waals surface area contributed by atoms with Gasteiger partial charge in [0.05, 0.1) is 13.2 Å². The molecular formula is C15H14F3N3O2. The molecule has 1 amide bonds. The van der Waals surface area contributed by atoms with Crippen LogP contribution in [0.3, 0.4) is 0 Å². The monoisotopic (exact) mass is 325 g/mol. The number of hydrogen-bond donors (Lipinski definition) is 1. The Bertz CT molecular complexity index is 692. The first-order chi connectivity index (χ1) is 11.0. The van der Waals surface area contributed by atoms with Crippen molar-refractivity contribution in [1.29, 1.82) is 0 Å². The highest BCUT2D eigenvalue weighted by molar-refractivity contribution is 5.98. The van der Waals surface area contributed by atoms with Gasteiger partial charge in [-0.25, -0.2) is 4.98 Å². The fourth-order valence-corrected chi connectivity index (χ4v) is 2.39. The van der Waals surface area contributed by atoms with Gasteiger partial charge in [0, 0.05) is 18.7 Å². The van der Waals surface area contributed by atoms with E-state index in [4.69, 9.17) is 4.74 Å². The Kier molecular flexibility index (Phi) is 4.08. The molecule has 1 aromatic heterocycles. The number of benzene rings is 1. The number of aromatic amines is 1. The summed E-state index contributed by atoms with van der Waals surface area (Å²) < 4.78 is 44.1. The minimum absolute atomic E-state index is 0.00872. The molecule has 1 saturated heterocycles. The van der Waals surface area contributed by atoms with E-state index in [2.05, 4.69) is 9.97 Å². The molecule has 1 aliphatic heterocycles. The summed E-state index contributed by atoms with van der Waals surface area (Å²) in [6.45, 7) is 1.42. The lowest BCUT2D eigenvalue weighted by Gasteiger charge is -2.26. The molecule has 23 heavy (non-hydrogen) atoms. The average molecular weight is 325 g/mol. The summed E-state index contributed by atoms with van der Waals surface area (Å²) in [5, 5.41) is 0. The zero-order valence-corrected chi connectivity index (χ0v) is 12.1. The highest BCUT2D eigenvalue weighted by Crippen LogP contribution is 2.31. The molecule has 0 atom stereocenters. The number of carbonyl (C=O) groups excluding carboxylic acids is 1. The number of halogens is 3. The van der Waals surface area contributed by atoms with E-state index in [9.17, 15) is 18.0 Å². The number of alkyl halides is 3. The minimum Gasteiger partial charge on any atom is -0.378 e. The maximum absolute atomic E-state index is 13.0. The topological polar surface area (TPSA) is 58.2 Å². The number of hydrogen-bond acceptors (Lipinski definition) is 3. The third-order valence-electron chi connectivity index (χ3n) is 3.53. The molecule has 1 aliphatic rings. The second kappa shape index (κ2) is 6.04. The number of carbonyl (C=O) groups is 1. The molecule has 1 fully saturated rings. The third kappa shape index (κ3) is 3.21. The van der Waals surface area contributed by atoms with Crippen molar-refractivity contribution in [3.8, 4) is 11.3 Å². The first kappa shape index (κ1) is 15.5. The Labute approximate surface area is 130 Å². The van der Waals surface area contributed by atoms with E-state index in [1.807, 2.05) is 0 Å². The van der Waals surface area contributed by atoms with Gasteiger partial charge in [-0.1, -0.05) is 30.3 Å². The quantitative estimate of drug-likeness (QED) is 0.923. The van der Waals surface area contributed by atoms with Crippen LogP contribution < -0.4 is 0 Å². The van der Waals surface area contributed by atoms with Crippen molar-refractivity contribution in [2.75, 3.05) is 26.3 Å². The van der Waals surface area contributed by atoms with Crippen molar-refractivity contribution >= 4 is 5.91 Å². The van der Waals surface area contributed by atoms with Gasteiger partial charge in [0.2, 0.25) is 5.82 Å². The molecule has 1 aromatic carbocycles. The predicted octanol–water partition coefficient (Wildman–Crippen LogP) is 2.57. The van der Waals surface area contributed by atoms with Crippen LogP contribution in [0, 0.1) is 0 Å². The molecule has 122 valence electrons. The van der Waals surface area contributed by atoms with E-state index in [0.29, 0.717) is 31.9 Å². The van der Waals surface area contributed by atoms with Crippen LogP contribution in [0.2, 0.25) is 0 Å². The molecule has 0 aliphatic carbocycles. The van der Waals surface area contributed by atoms with Crippen LogP contribution in [-0.2, 0) is 10.9 Å². The molecule has 1 N–H and O–H groups in total. The fourth-order valence-electron chi connectivity index (χ4n) is 2.39. The summed E-state index contributed by atoms with van der Waals surface area (Å²) in [5.74, 6) is -1.68. The van der Waals surface area contributed by atoms with Gasteiger partial charge in [-0.2, -0.15) is 13.2 Å². The number of nitrogens with zero attached hydrogens (tertiary/aromatic N) is 2. The van der Waals surface area contributed by atoms with E-state index in [-0.39, 0.29) is 11.4 Å². The van der Waals surface area contributed by atoms with Gasteiger partial charge in [-0.05, 0) is 0 Å². The van der Waals surface area contributed by atoms with Crippen molar-refractivity contribution in [2.24, 2.45) is 0 Å². The number of amides is 1. The maximum Gasteiger partial charge on any atom is 0.449 e. The van der Waals surface area contributed by atoms with E-state index in [0.717, 1.165) is 0 Å². The minimum atomic E-state index is -4.65. The van der Waals surface area contributed by atoms with Gasteiger partial charge in [0.1, 0.15) is 11.4 Å². The second-order valence-corrected chi connectivity index (χ2v) is 5.08. The van der Waals surface area contributed by atoms with Crippen molar-refractivity contribution in [2.45, 2.75) is 6.18 Å². The Hall–Kier alpha value is -2.35. The highest BCUT2D eigenvalue weighted by Gasteiger charge is 2.37. The van der Waals surface area contributed by atoms with Gasteiger partial charge in [-0.15, -0.1) is 0 Å². The van der Waals surface area contributed by atoms with Gasteiger partial charge < -0.3 is 14.6 Å². The Morgan fingerprint density at radius 2 is 1.83 bits per heavy atom. The molecule has 8 heteroatoms. The van der Waals surface area contributed by atoms with Crippen LogP contribution in [0.5, 0.6) is 0 Å². The lowest BCUT2D eigenvalue weighted by Crippen LogP contribution is -2.41. The summed E-state index contributed by atoms with van der Waals surface area (Å²) in [5.41, 5.74) is 0.315. The predicted molar refractivity (Wildman–Crippen MR) is 75.7 cm³/mol. The van der Waals surface area contributed by atoms with E-state index >= 15 is 0 Å². The largest absolute Gasteiger partial charge is 0.449 e. The summed E-state index contributed by atoms with van der Waals surface area (Å²) in [7, 11) is 0. The van der Waals surface area contributed by atoms with Crippen LogP contribution in [-0.4, -0.2) is 47.1 Å². The second-order valence-electron chi connectivity index (χ2n) is 5.08. The smallest absolute Gasteiger partial charge is 0.378 e. The van der Waals surface area contributed by atoms with Gasteiger partial charge in [-0.3, -0.25) is 4.79 Å².